The molecule has 36 heavy (non-hydrogen) atoms. The summed E-state index contributed by atoms with van der Waals surface area (Å²) >= 11 is 14.0. The minimum absolute atomic E-state index is 0.0152. The van der Waals surface area contributed by atoms with Crippen LogP contribution in [0.15, 0.2) is 82.7 Å². The highest BCUT2D eigenvalue weighted by atomic mass is 35.5. The fourth-order valence-electron chi connectivity index (χ4n) is 4.51. The molecule has 5 rings (SSSR count). The molecule has 184 valence electrons. The van der Waals surface area contributed by atoms with E-state index in [1.807, 2.05) is 77.7 Å². The van der Waals surface area contributed by atoms with Crippen LogP contribution in [0.3, 0.4) is 0 Å². The van der Waals surface area contributed by atoms with E-state index in [1.165, 1.54) is 18.2 Å². The van der Waals surface area contributed by atoms with Crippen LogP contribution in [0.2, 0.25) is 10.0 Å². The molecule has 7 heteroatoms. The van der Waals surface area contributed by atoms with Crippen LogP contribution < -0.4 is 4.74 Å². The number of nitrogens with zero attached hydrogens (tertiary/aromatic N) is 2. The van der Waals surface area contributed by atoms with Crippen LogP contribution in [-0.2, 0) is 11.4 Å². The molecular formula is C29H26Cl2N2O2S. The van der Waals surface area contributed by atoms with Gasteiger partial charge in [0, 0.05) is 27.2 Å². The van der Waals surface area contributed by atoms with Gasteiger partial charge in [-0.3, -0.25) is 9.69 Å². The van der Waals surface area contributed by atoms with E-state index in [4.69, 9.17) is 32.9 Å². The topological polar surface area (TPSA) is 41.9 Å². The van der Waals surface area contributed by atoms with Gasteiger partial charge in [-0.05, 0) is 67.1 Å². The number of carbonyl (C=O) groups excluding carboxylic acids is 1. The van der Waals surface area contributed by atoms with Gasteiger partial charge < -0.3 is 4.74 Å². The first-order valence-corrected chi connectivity index (χ1v) is 13.7. The largest absolute Gasteiger partial charge is 0.488 e. The van der Waals surface area contributed by atoms with Crippen molar-refractivity contribution >= 4 is 57.8 Å². The van der Waals surface area contributed by atoms with Crippen LogP contribution >= 0.6 is 35.0 Å². The SMILES string of the molecule is O=C1/C(=C/c2cc(Cl)ccc2OCc2ccccc2Cl)SC(=Nc2ccccc2)N1C1CCCCC1. The second-order valence-corrected chi connectivity index (χ2v) is 10.7. The fourth-order valence-corrected chi connectivity index (χ4v) is 5.94. The summed E-state index contributed by atoms with van der Waals surface area (Å²) in [6, 6.07) is 23.0. The van der Waals surface area contributed by atoms with Gasteiger partial charge >= 0.3 is 0 Å². The zero-order valence-electron chi connectivity index (χ0n) is 19.7. The van der Waals surface area contributed by atoms with Crippen molar-refractivity contribution in [3.8, 4) is 5.75 Å². The zero-order valence-corrected chi connectivity index (χ0v) is 22.0. The van der Waals surface area contributed by atoms with Crippen molar-refractivity contribution in [3.05, 3.63) is 98.9 Å². The Balaban J connectivity index is 1.46. The molecule has 0 bridgehead atoms. The number of hydrogen-bond acceptors (Lipinski definition) is 4. The number of rotatable bonds is 6. The number of hydrogen-bond donors (Lipinski definition) is 0. The molecule has 0 atom stereocenters. The molecule has 1 saturated carbocycles. The van der Waals surface area contributed by atoms with Gasteiger partial charge in [0.1, 0.15) is 12.4 Å². The van der Waals surface area contributed by atoms with Gasteiger partial charge in [0.05, 0.1) is 10.6 Å². The van der Waals surface area contributed by atoms with Crippen molar-refractivity contribution in [1.82, 2.24) is 4.90 Å². The summed E-state index contributed by atoms with van der Waals surface area (Å²) in [5.74, 6) is 0.622. The smallest absolute Gasteiger partial charge is 0.267 e. The molecule has 0 spiro atoms. The van der Waals surface area contributed by atoms with E-state index in [9.17, 15) is 4.79 Å². The molecule has 2 fully saturated rings. The van der Waals surface area contributed by atoms with Crippen molar-refractivity contribution in [2.45, 2.75) is 44.8 Å². The summed E-state index contributed by atoms with van der Waals surface area (Å²) < 4.78 is 6.12. The Hall–Kier alpha value is -2.73. The molecule has 1 saturated heterocycles. The van der Waals surface area contributed by atoms with E-state index < -0.39 is 0 Å². The van der Waals surface area contributed by atoms with Gasteiger partial charge in [0.15, 0.2) is 5.17 Å². The number of aliphatic imine (C=N–C) groups is 1. The maximum Gasteiger partial charge on any atom is 0.267 e. The van der Waals surface area contributed by atoms with Gasteiger partial charge in [0.2, 0.25) is 0 Å². The van der Waals surface area contributed by atoms with Gasteiger partial charge in [-0.15, -0.1) is 0 Å². The fraction of sp³-hybridized carbons (Fsp3) is 0.241. The lowest BCUT2D eigenvalue weighted by Crippen LogP contribution is -2.40. The molecule has 0 radical (unpaired) electrons. The van der Waals surface area contributed by atoms with E-state index in [-0.39, 0.29) is 11.9 Å². The second-order valence-electron chi connectivity index (χ2n) is 8.87. The predicted octanol–water partition coefficient (Wildman–Crippen LogP) is 8.51. The Kier molecular flexibility index (Phi) is 8.00. The number of para-hydroxylation sites is 1. The first-order chi connectivity index (χ1) is 17.6. The molecule has 3 aromatic rings. The number of amidine groups is 1. The average molecular weight is 538 g/mol. The van der Waals surface area contributed by atoms with Crippen LogP contribution in [-0.4, -0.2) is 22.0 Å². The number of ether oxygens (including phenoxy) is 1. The summed E-state index contributed by atoms with van der Waals surface area (Å²) in [6.45, 7) is 0.313. The quantitative estimate of drug-likeness (QED) is 0.296. The van der Waals surface area contributed by atoms with Crippen LogP contribution in [0.5, 0.6) is 5.75 Å². The molecule has 0 unspecified atom stereocenters. The summed E-state index contributed by atoms with van der Waals surface area (Å²) in [5.41, 5.74) is 2.47. The van der Waals surface area contributed by atoms with Crippen molar-refractivity contribution in [1.29, 1.82) is 0 Å². The van der Waals surface area contributed by atoms with Crippen molar-refractivity contribution in [3.63, 3.8) is 0 Å². The molecule has 1 heterocycles. The van der Waals surface area contributed by atoms with E-state index >= 15 is 0 Å². The van der Waals surface area contributed by atoms with E-state index in [0.29, 0.717) is 27.3 Å². The third kappa shape index (κ3) is 5.80. The van der Waals surface area contributed by atoms with E-state index in [1.54, 1.807) is 6.07 Å². The molecule has 1 aliphatic heterocycles. The maximum absolute atomic E-state index is 13.7. The van der Waals surface area contributed by atoms with Gasteiger partial charge in [-0.25, -0.2) is 4.99 Å². The number of amides is 1. The molecule has 2 aliphatic rings. The Morgan fingerprint density at radius 2 is 1.72 bits per heavy atom. The molecule has 1 amide bonds. The highest BCUT2D eigenvalue weighted by Crippen LogP contribution is 2.39. The summed E-state index contributed by atoms with van der Waals surface area (Å²) in [7, 11) is 0. The van der Waals surface area contributed by atoms with Crippen LogP contribution in [0.25, 0.3) is 6.08 Å². The minimum atomic E-state index is -0.0152. The van der Waals surface area contributed by atoms with Crippen molar-refractivity contribution < 1.29 is 9.53 Å². The van der Waals surface area contributed by atoms with Gasteiger partial charge in [-0.1, -0.05) is 78.9 Å². The number of carbonyl (C=O) groups is 1. The molecule has 0 N–H and O–H groups in total. The van der Waals surface area contributed by atoms with Crippen LogP contribution in [0.1, 0.15) is 43.2 Å². The third-order valence-corrected chi connectivity index (χ3v) is 7.94. The van der Waals surface area contributed by atoms with E-state index in [0.717, 1.165) is 47.7 Å². The Morgan fingerprint density at radius 3 is 2.50 bits per heavy atom. The predicted molar refractivity (Wildman–Crippen MR) is 150 cm³/mol. The highest BCUT2D eigenvalue weighted by Gasteiger charge is 2.38. The molecule has 4 nitrogen and oxygen atoms in total. The molecular weight excluding hydrogens is 511 g/mol. The zero-order chi connectivity index (χ0) is 24.9. The van der Waals surface area contributed by atoms with E-state index in [2.05, 4.69) is 0 Å². The highest BCUT2D eigenvalue weighted by molar-refractivity contribution is 8.18. The Morgan fingerprint density at radius 1 is 0.972 bits per heavy atom. The van der Waals surface area contributed by atoms with Gasteiger partial charge in [-0.2, -0.15) is 0 Å². The van der Waals surface area contributed by atoms with Crippen molar-refractivity contribution in [2.75, 3.05) is 0 Å². The van der Waals surface area contributed by atoms with Crippen LogP contribution in [0, 0.1) is 0 Å². The summed E-state index contributed by atoms with van der Waals surface area (Å²) in [6.07, 6.45) is 7.34. The molecule has 3 aromatic carbocycles. The second kappa shape index (κ2) is 11.5. The normalized spacial score (nSPS) is 18.8. The third-order valence-electron chi connectivity index (χ3n) is 6.36. The lowest BCUT2D eigenvalue weighted by molar-refractivity contribution is -0.124. The first-order valence-electron chi connectivity index (χ1n) is 12.1. The van der Waals surface area contributed by atoms with Gasteiger partial charge in [0.25, 0.3) is 5.91 Å². The molecule has 0 aromatic heterocycles. The Labute approximate surface area is 226 Å². The first kappa shape index (κ1) is 24.9. The average Bonchev–Trinajstić information content (AvgIpc) is 3.19. The van der Waals surface area contributed by atoms with Crippen molar-refractivity contribution in [2.24, 2.45) is 4.99 Å². The standard InChI is InChI=1S/C29H26Cl2N2O2S/c30-22-15-16-26(35-19-20-9-7-8-14-25(20)31)21(17-22)18-27-28(34)33(24-12-5-2-6-13-24)29(36-27)32-23-10-3-1-4-11-23/h1,3-4,7-11,14-18,24H,2,5-6,12-13,19H2/b27-18-,32-29?. The number of benzene rings is 3. The summed E-state index contributed by atoms with van der Waals surface area (Å²) in [5, 5.41) is 1.95. The Bertz CT molecular complexity index is 1300. The maximum atomic E-state index is 13.7. The monoisotopic (exact) mass is 536 g/mol. The number of halogens is 2. The minimum Gasteiger partial charge on any atom is -0.488 e. The summed E-state index contributed by atoms with van der Waals surface area (Å²) in [4.78, 5) is 21.1. The lowest BCUT2D eigenvalue weighted by Gasteiger charge is -2.30. The number of thioether (sulfide) groups is 1. The van der Waals surface area contributed by atoms with Crippen LogP contribution in [0.4, 0.5) is 5.69 Å². The molecule has 1 aliphatic carbocycles. The lowest BCUT2D eigenvalue weighted by atomic mass is 9.94.